The van der Waals surface area contributed by atoms with E-state index < -0.39 is 98.1 Å². The van der Waals surface area contributed by atoms with Crippen molar-refractivity contribution in [2.24, 2.45) is 20.5 Å². The molecule has 0 fully saturated rings. The molecule has 306 valence electrons. The summed E-state index contributed by atoms with van der Waals surface area (Å²) in [5, 5.41) is 41.8. The first-order valence-corrected chi connectivity index (χ1v) is 19.1. The molecule has 0 bridgehead atoms. The van der Waals surface area contributed by atoms with Gasteiger partial charge in [0.15, 0.2) is 22.9 Å². The third kappa shape index (κ3) is 14.6. The Hall–Kier alpha value is -5.18. The van der Waals surface area contributed by atoms with Gasteiger partial charge in [-0.2, -0.15) is 27.1 Å². The third-order valence-electron chi connectivity index (χ3n) is 6.98. The summed E-state index contributed by atoms with van der Waals surface area (Å²) in [4.78, 5) is 67.2. The maximum atomic E-state index is 12.3. The van der Waals surface area contributed by atoms with Crippen molar-refractivity contribution in [1.82, 2.24) is 0 Å². The minimum atomic E-state index is -4.68. The normalized spacial score (nSPS) is 12.3. The summed E-state index contributed by atoms with van der Waals surface area (Å²) in [7, 11) is -9.36. The van der Waals surface area contributed by atoms with Crippen molar-refractivity contribution in [3.05, 3.63) is 115 Å². The molecule has 4 aromatic rings. The molecule has 0 aliphatic heterocycles. The van der Waals surface area contributed by atoms with Crippen LogP contribution in [0, 0.1) is 20.2 Å². The van der Waals surface area contributed by atoms with Gasteiger partial charge in [-0.15, -0.1) is 10.2 Å². The molecular weight excluding hydrogens is 896 g/mol. The predicted octanol–water partition coefficient (Wildman–Crippen LogP) is 5.97. The van der Waals surface area contributed by atoms with Crippen LogP contribution in [0.1, 0.15) is 13.8 Å². The number of halogens is 2. The molecule has 27 heteroatoms. The number of nitro groups is 2. The van der Waals surface area contributed by atoms with E-state index in [0.29, 0.717) is 12.1 Å². The largest absolute Gasteiger partial charge is 0.322 e. The maximum absolute atomic E-state index is 12.3. The molecule has 0 aliphatic rings. The topological polar surface area (TPSA) is 337 Å². The van der Waals surface area contributed by atoms with E-state index in [0.717, 1.165) is 38.1 Å². The van der Waals surface area contributed by atoms with E-state index in [1.165, 1.54) is 24.3 Å². The summed E-state index contributed by atoms with van der Waals surface area (Å²) >= 11 is 11.9. The molecule has 0 saturated carbocycles. The van der Waals surface area contributed by atoms with Crippen LogP contribution in [0.5, 0.6) is 0 Å². The van der Waals surface area contributed by atoms with E-state index in [-0.39, 0.29) is 59.2 Å². The Bertz CT molecular complexity index is 2420. The molecule has 4 rings (SSSR count). The van der Waals surface area contributed by atoms with Crippen LogP contribution in [0.15, 0.2) is 115 Å². The molecule has 0 aromatic heterocycles. The Kier molecular flexibility index (Phi) is 18.4. The number of nitro benzene ring substituents is 2. The molecule has 2 atom stereocenters. The number of anilines is 2. The van der Waals surface area contributed by atoms with Gasteiger partial charge in [0.1, 0.15) is 9.79 Å². The fourth-order valence-corrected chi connectivity index (χ4v) is 5.56. The second kappa shape index (κ2) is 21.7. The molecule has 2 unspecified atom stereocenters. The summed E-state index contributed by atoms with van der Waals surface area (Å²) in [6, 6.07) is 13.9. The van der Waals surface area contributed by atoms with Gasteiger partial charge in [0.2, 0.25) is 12.1 Å². The number of ketones is 2. The second-order valence-corrected chi connectivity index (χ2v) is 14.8. The molecule has 2 radical (unpaired) electrons. The van der Waals surface area contributed by atoms with Gasteiger partial charge in [-0.1, -0.05) is 47.5 Å². The van der Waals surface area contributed by atoms with Crippen LogP contribution < -0.4 is 10.6 Å². The van der Waals surface area contributed by atoms with Gasteiger partial charge in [0.05, 0.1) is 31.3 Å². The predicted molar refractivity (Wildman–Crippen MR) is 210 cm³/mol. The number of carbonyl (C=O) groups is 4. The van der Waals surface area contributed by atoms with E-state index in [1.807, 2.05) is 0 Å². The van der Waals surface area contributed by atoms with Crippen LogP contribution in [0.25, 0.3) is 0 Å². The summed E-state index contributed by atoms with van der Waals surface area (Å²) < 4.78 is 62.5. The number of hydrogen-bond acceptors (Lipinski definition) is 16. The number of para-hydroxylation sites is 2. The van der Waals surface area contributed by atoms with Crippen molar-refractivity contribution >= 4 is 139 Å². The quantitative estimate of drug-likeness (QED) is 0.0283. The van der Waals surface area contributed by atoms with E-state index in [2.05, 4.69) is 31.1 Å². The average Bonchev–Trinajstić information content (AvgIpc) is 3.12. The van der Waals surface area contributed by atoms with Crippen molar-refractivity contribution in [3.63, 3.8) is 0 Å². The first-order valence-electron chi connectivity index (χ1n) is 15.5. The van der Waals surface area contributed by atoms with Gasteiger partial charge in [-0.3, -0.25) is 48.5 Å². The molecule has 0 aliphatic carbocycles. The zero-order chi connectivity index (χ0) is 43.5. The minimum Gasteiger partial charge on any atom is -0.322 e. The van der Waals surface area contributed by atoms with E-state index in [9.17, 15) is 56.2 Å². The number of amides is 2. The Morgan fingerprint density at radius 2 is 0.949 bits per heavy atom. The number of hydrogen-bond donors (Lipinski definition) is 4. The number of nitrogens with one attached hydrogen (secondary N) is 2. The van der Waals surface area contributed by atoms with Crippen LogP contribution in [0.4, 0.5) is 34.1 Å². The molecule has 59 heavy (non-hydrogen) atoms. The fourth-order valence-electron chi connectivity index (χ4n) is 4.19. The SMILES string of the molecule is CC(=O)C(N=Nc1ccc(S(=O)(=O)O)cc1[N+](=O)[O-])C(=O)Nc1ccccc1Cl.CC(=O)C(N=Nc1ccc(S(=O)(=O)O)cc1[N+](=O)[O-])C(=O)Nc1ccccc1Cl.[Ca]. The smallest absolute Gasteiger partial charge is 0.298 e. The van der Waals surface area contributed by atoms with Crippen LogP contribution in [0.2, 0.25) is 10.0 Å². The first-order chi connectivity index (χ1) is 27.0. The minimum absolute atomic E-state index is 0. The number of Topliss-reactive ketones (excluding diaryl/α,β-unsaturated/α-hetero) is 2. The molecule has 0 heterocycles. The van der Waals surface area contributed by atoms with Crippen LogP contribution in [-0.2, 0) is 39.4 Å². The van der Waals surface area contributed by atoms with Crippen molar-refractivity contribution in [2.75, 3.05) is 10.6 Å². The molecule has 0 spiro atoms. The first kappa shape index (κ1) is 50.0. The molecule has 4 aromatic carbocycles. The van der Waals surface area contributed by atoms with Crippen molar-refractivity contribution < 1.29 is 55.0 Å². The van der Waals surface area contributed by atoms with E-state index in [4.69, 9.17) is 32.3 Å². The van der Waals surface area contributed by atoms with Gasteiger partial charge in [0.25, 0.3) is 43.4 Å². The van der Waals surface area contributed by atoms with Crippen molar-refractivity contribution in [2.45, 2.75) is 35.7 Å². The molecule has 2 amide bonds. The van der Waals surface area contributed by atoms with Gasteiger partial charge >= 0.3 is 0 Å². The fraction of sp³-hybridized carbons (Fsp3) is 0.125. The Morgan fingerprint density at radius 1 is 0.627 bits per heavy atom. The molecule has 4 N–H and O–H groups in total. The van der Waals surface area contributed by atoms with Crippen LogP contribution in [0.3, 0.4) is 0 Å². The van der Waals surface area contributed by atoms with Gasteiger partial charge in [-0.05, 0) is 62.4 Å². The van der Waals surface area contributed by atoms with Gasteiger partial charge in [0, 0.05) is 49.9 Å². The Balaban J connectivity index is 0.000000400. The average molecular weight is 922 g/mol. The summed E-state index contributed by atoms with van der Waals surface area (Å²) in [5.41, 5.74) is -1.97. The summed E-state index contributed by atoms with van der Waals surface area (Å²) in [5.74, 6) is -3.14. The molecular formula is C32H26CaCl2N8O14S2. The second-order valence-electron chi connectivity index (χ2n) is 11.2. The van der Waals surface area contributed by atoms with Crippen molar-refractivity contribution in [1.29, 1.82) is 0 Å². The number of azo groups is 2. The number of rotatable bonds is 14. The maximum Gasteiger partial charge on any atom is 0.298 e. The summed E-state index contributed by atoms with van der Waals surface area (Å²) in [6.45, 7) is 2.15. The van der Waals surface area contributed by atoms with Gasteiger partial charge in [-0.25, -0.2) is 0 Å². The van der Waals surface area contributed by atoms with E-state index in [1.54, 1.807) is 24.3 Å². The number of nitrogens with zero attached hydrogens (tertiary/aromatic N) is 6. The standard InChI is InChI=1S/2C16H13ClN4O7S.Ca/c2*1-9(22)15(16(23)18-12-5-3-2-4-11(12)17)20-19-13-7-6-10(29(26,27)28)8-14(13)21(24)25;/h2*2-8,15H,1H3,(H,18,23)(H,26,27,28);. The van der Waals surface area contributed by atoms with Crippen molar-refractivity contribution in [3.8, 4) is 0 Å². The number of benzene rings is 4. The van der Waals surface area contributed by atoms with Crippen LogP contribution in [-0.4, -0.2) is 109 Å². The van der Waals surface area contributed by atoms with Gasteiger partial charge < -0.3 is 10.6 Å². The summed E-state index contributed by atoms with van der Waals surface area (Å²) in [6.07, 6.45) is 0. The third-order valence-corrected chi connectivity index (χ3v) is 9.33. The zero-order valence-corrected chi connectivity index (χ0v) is 35.3. The Labute approximate surface area is 372 Å². The molecule has 0 saturated heterocycles. The van der Waals surface area contributed by atoms with Crippen LogP contribution >= 0.6 is 23.2 Å². The number of carbonyl (C=O) groups excluding carboxylic acids is 4. The monoisotopic (exact) mass is 920 g/mol. The van der Waals surface area contributed by atoms with E-state index >= 15 is 0 Å². The molecule has 22 nitrogen and oxygen atoms in total. The zero-order valence-electron chi connectivity index (χ0n) is 30.0. The Morgan fingerprint density at radius 3 is 1.22 bits per heavy atom.